The first-order chi connectivity index (χ1) is 11.0. The van der Waals surface area contributed by atoms with Crippen molar-refractivity contribution in [3.05, 3.63) is 28.0 Å². The molecule has 23 heavy (non-hydrogen) atoms. The molecule has 3 rings (SSSR count). The van der Waals surface area contributed by atoms with Crippen LogP contribution in [-0.4, -0.2) is 29.7 Å². The van der Waals surface area contributed by atoms with Crippen LogP contribution in [0.25, 0.3) is 0 Å². The van der Waals surface area contributed by atoms with E-state index in [2.05, 4.69) is 21.2 Å². The highest BCUT2D eigenvalue weighted by Crippen LogP contribution is 2.34. The molecule has 0 atom stereocenters. The van der Waals surface area contributed by atoms with Gasteiger partial charge >= 0.3 is 12.0 Å². The Bertz CT molecular complexity index is 644. The van der Waals surface area contributed by atoms with Gasteiger partial charge in [0, 0.05) is 17.1 Å². The molecule has 124 valence electrons. The normalized spacial score (nSPS) is 23.5. The number of hydrogen-bond donors (Lipinski definition) is 2. The molecule has 7 heteroatoms. The van der Waals surface area contributed by atoms with Crippen molar-refractivity contribution in [2.45, 2.75) is 38.1 Å². The second-order valence-corrected chi connectivity index (χ2v) is 7.05. The van der Waals surface area contributed by atoms with E-state index in [1.807, 2.05) is 6.07 Å². The van der Waals surface area contributed by atoms with Gasteiger partial charge in [0.15, 0.2) is 0 Å². The molecule has 2 aliphatic rings. The largest absolute Gasteiger partial charge is 0.481 e. The summed E-state index contributed by atoms with van der Waals surface area (Å²) in [5, 5.41) is 11.9. The second kappa shape index (κ2) is 6.47. The Kier molecular flexibility index (Phi) is 4.57. The maximum Gasteiger partial charge on any atom is 0.322 e. The topological polar surface area (TPSA) is 69.6 Å². The van der Waals surface area contributed by atoms with E-state index in [1.165, 1.54) is 11.0 Å². The Morgan fingerprint density at radius 2 is 1.96 bits per heavy atom. The summed E-state index contributed by atoms with van der Waals surface area (Å²) < 4.78 is 14.8. The third-order valence-electron chi connectivity index (χ3n) is 4.63. The minimum Gasteiger partial charge on any atom is -0.481 e. The molecule has 0 radical (unpaired) electrons. The van der Waals surface area contributed by atoms with E-state index < -0.39 is 11.8 Å². The molecule has 1 saturated carbocycles. The SMILES string of the molecule is O=C(O)C1CCC(NC(=O)N2CCc3cc(Br)cc(F)c32)CC1. The van der Waals surface area contributed by atoms with Crippen molar-refractivity contribution in [1.82, 2.24) is 5.32 Å². The summed E-state index contributed by atoms with van der Waals surface area (Å²) in [5.41, 5.74) is 1.17. The van der Waals surface area contributed by atoms with E-state index in [-0.39, 0.29) is 18.0 Å². The predicted molar refractivity (Wildman–Crippen MR) is 87.1 cm³/mol. The lowest BCUT2D eigenvalue weighted by molar-refractivity contribution is -0.142. The second-order valence-electron chi connectivity index (χ2n) is 6.13. The third kappa shape index (κ3) is 3.34. The Morgan fingerprint density at radius 1 is 1.26 bits per heavy atom. The van der Waals surface area contributed by atoms with Crippen LogP contribution < -0.4 is 10.2 Å². The number of hydrogen-bond acceptors (Lipinski definition) is 2. The standard InChI is InChI=1S/C16H18BrFN2O3/c17-11-7-10-5-6-20(14(10)13(18)8-11)16(23)19-12-3-1-9(2-4-12)15(21)22/h7-9,12H,1-6H2,(H,19,23)(H,21,22). The Hall–Kier alpha value is -1.63. The van der Waals surface area contributed by atoms with Crippen LogP contribution in [0.3, 0.4) is 0 Å². The van der Waals surface area contributed by atoms with Crippen LogP contribution in [-0.2, 0) is 11.2 Å². The van der Waals surface area contributed by atoms with Crippen LogP contribution in [0.1, 0.15) is 31.2 Å². The molecule has 0 bridgehead atoms. The summed E-state index contributed by atoms with van der Waals surface area (Å²) in [6.45, 7) is 0.457. The number of carboxylic acids is 1. The lowest BCUT2D eigenvalue weighted by Gasteiger charge is -2.29. The molecule has 0 spiro atoms. The molecule has 0 unspecified atom stereocenters. The maximum atomic E-state index is 14.2. The Morgan fingerprint density at radius 3 is 2.61 bits per heavy atom. The number of urea groups is 1. The fourth-order valence-electron chi connectivity index (χ4n) is 3.40. The molecule has 2 amide bonds. The zero-order valence-corrected chi connectivity index (χ0v) is 14.1. The van der Waals surface area contributed by atoms with E-state index in [1.54, 1.807) is 0 Å². The molecule has 1 fully saturated rings. The highest BCUT2D eigenvalue weighted by molar-refractivity contribution is 9.10. The average molecular weight is 385 g/mol. The number of benzene rings is 1. The van der Waals surface area contributed by atoms with Gasteiger partial charge in [-0.1, -0.05) is 15.9 Å². The molecular formula is C16H18BrFN2O3. The van der Waals surface area contributed by atoms with Gasteiger partial charge in [0.1, 0.15) is 5.82 Å². The number of nitrogens with one attached hydrogen (secondary N) is 1. The number of anilines is 1. The predicted octanol–water partition coefficient (Wildman–Crippen LogP) is 3.30. The van der Waals surface area contributed by atoms with Crippen molar-refractivity contribution in [3.8, 4) is 0 Å². The number of carboxylic acid groups (broad SMARTS) is 1. The number of carbonyl (C=O) groups is 2. The Labute approximate surface area is 142 Å². The van der Waals surface area contributed by atoms with Crippen molar-refractivity contribution in [2.75, 3.05) is 11.4 Å². The van der Waals surface area contributed by atoms with Gasteiger partial charge in [-0.25, -0.2) is 9.18 Å². The Balaban J connectivity index is 1.64. The number of nitrogens with zero attached hydrogens (tertiary/aromatic N) is 1. The molecule has 1 aromatic rings. The van der Waals surface area contributed by atoms with Crippen molar-refractivity contribution in [3.63, 3.8) is 0 Å². The van der Waals surface area contributed by atoms with Crippen molar-refractivity contribution < 1.29 is 19.1 Å². The van der Waals surface area contributed by atoms with Gasteiger partial charge in [0.2, 0.25) is 0 Å². The summed E-state index contributed by atoms with van der Waals surface area (Å²) in [4.78, 5) is 24.8. The first-order valence-corrected chi connectivity index (χ1v) is 8.53. The highest BCUT2D eigenvalue weighted by atomic mass is 79.9. The molecule has 0 saturated heterocycles. The molecular weight excluding hydrogens is 367 g/mol. The van der Waals surface area contributed by atoms with Gasteiger partial charge in [-0.2, -0.15) is 0 Å². The number of fused-ring (bicyclic) bond motifs is 1. The molecule has 1 heterocycles. The van der Waals surface area contributed by atoms with Gasteiger partial charge in [0.25, 0.3) is 0 Å². The molecule has 1 aliphatic carbocycles. The van der Waals surface area contributed by atoms with Crippen LogP contribution in [0.15, 0.2) is 16.6 Å². The van der Waals surface area contributed by atoms with Crippen molar-refractivity contribution in [2.24, 2.45) is 5.92 Å². The summed E-state index contributed by atoms with van der Waals surface area (Å²) in [6, 6.07) is 2.86. The van der Waals surface area contributed by atoms with Crippen molar-refractivity contribution in [1.29, 1.82) is 0 Å². The number of rotatable bonds is 2. The molecule has 2 N–H and O–H groups in total. The van der Waals surface area contributed by atoms with E-state index in [0.29, 0.717) is 48.8 Å². The zero-order chi connectivity index (χ0) is 16.6. The minimum atomic E-state index is -0.768. The van der Waals surface area contributed by atoms with E-state index in [4.69, 9.17) is 5.11 Å². The quantitative estimate of drug-likeness (QED) is 0.821. The van der Waals surface area contributed by atoms with Gasteiger partial charge in [-0.05, 0) is 49.8 Å². The summed E-state index contributed by atoms with van der Waals surface area (Å²) in [7, 11) is 0. The van der Waals surface area contributed by atoms with Crippen LogP contribution in [0.4, 0.5) is 14.9 Å². The van der Waals surface area contributed by atoms with Crippen LogP contribution in [0.2, 0.25) is 0 Å². The smallest absolute Gasteiger partial charge is 0.322 e. The molecule has 1 aliphatic heterocycles. The van der Waals surface area contributed by atoms with Crippen LogP contribution in [0.5, 0.6) is 0 Å². The maximum absolute atomic E-state index is 14.2. The van der Waals surface area contributed by atoms with Gasteiger partial charge < -0.3 is 10.4 Å². The monoisotopic (exact) mass is 384 g/mol. The first kappa shape index (κ1) is 16.2. The van der Waals surface area contributed by atoms with Gasteiger partial charge in [-0.15, -0.1) is 0 Å². The van der Waals surface area contributed by atoms with Crippen LogP contribution >= 0.6 is 15.9 Å². The zero-order valence-electron chi connectivity index (χ0n) is 12.5. The van der Waals surface area contributed by atoms with Crippen molar-refractivity contribution >= 4 is 33.6 Å². The van der Waals surface area contributed by atoms with Gasteiger partial charge in [0.05, 0.1) is 11.6 Å². The number of aliphatic carboxylic acids is 1. The van der Waals surface area contributed by atoms with Crippen LogP contribution in [0, 0.1) is 11.7 Å². The fourth-order valence-corrected chi connectivity index (χ4v) is 3.87. The highest BCUT2D eigenvalue weighted by Gasteiger charge is 2.31. The average Bonchev–Trinajstić information content (AvgIpc) is 2.91. The first-order valence-electron chi connectivity index (χ1n) is 7.74. The van der Waals surface area contributed by atoms with E-state index >= 15 is 0 Å². The van der Waals surface area contributed by atoms with E-state index in [0.717, 1.165) is 5.56 Å². The summed E-state index contributed by atoms with van der Waals surface area (Å²) in [6.07, 6.45) is 3.06. The molecule has 0 aromatic heterocycles. The number of halogens is 2. The third-order valence-corrected chi connectivity index (χ3v) is 5.09. The molecule has 1 aromatic carbocycles. The lowest BCUT2D eigenvalue weighted by Crippen LogP contribution is -2.46. The molecule has 5 nitrogen and oxygen atoms in total. The van der Waals surface area contributed by atoms with E-state index in [9.17, 15) is 14.0 Å². The lowest BCUT2D eigenvalue weighted by atomic mass is 9.86. The summed E-state index contributed by atoms with van der Waals surface area (Å²) in [5.74, 6) is -1.49. The summed E-state index contributed by atoms with van der Waals surface area (Å²) >= 11 is 3.26. The minimum absolute atomic E-state index is 0.0411. The number of amides is 2. The fraction of sp³-hybridized carbons (Fsp3) is 0.500. The van der Waals surface area contributed by atoms with Gasteiger partial charge in [-0.3, -0.25) is 9.69 Å². The number of carbonyl (C=O) groups excluding carboxylic acids is 1.